The van der Waals surface area contributed by atoms with Gasteiger partial charge in [-0.2, -0.15) is 0 Å². The maximum Gasteiger partial charge on any atom is 0.223 e. The first-order chi connectivity index (χ1) is 10.2. The molecule has 1 N–H and O–H groups in total. The number of carbonyl (C=O) groups is 1. The largest absolute Gasteiger partial charge is 0.392 e. The number of aliphatic hydroxyl groups is 1. The van der Waals surface area contributed by atoms with Crippen molar-refractivity contribution in [2.24, 2.45) is 11.3 Å². The first-order valence-corrected chi connectivity index (χ1v) is 8.40. The molecule has 2 fully saturated rings. The molecule has 3 rings (SSSR count). The molecular formula is C17H27NO3. The van der Waals surface area contributed by atoms with Gasteiger partial charge in [0.1, 0.15) is 0 Å². The van der Waals surface area contributed by atoms with Crippen LogP contribution in [0, 0.1) is 11.3 Å². The molecule has 0 aromatic rings. The van der Waals surface area contributed by atoms with Gasteiger partial charge in [0.2, 0.25) is 5.91 Å². The topological polar surface area (TPSA) is 49.8 Å². The van der Waals surface area contributed by atoms with Crippen LogP contribution in [0.1, 0.15) is 45.4 Å². The van der Waals surface area contributed by atoms with Crippen molar-refractivity contribution < 1.29 is 14.6 Å². The number of amides is 1. The Labute approximate surface area is 127 Å². The molecule has 3 aliphatic rings. The molecular weight excluding hydrogens is 266 g/mol. The molecule has 4 nitrogen and oxygen atoms in total. The van der Waals surface area contributed by atoms with Crippen LogP contribution in [0.5, 0.6) is 0 Å². The highest BCUT2D eigenvalue weighted by Gasteiger charge is 2.56. The number of hydrogen-bond donors (Lipinski definition) is 1. The van der Waals surface area contributed by atoms with Crippen molar-refractivity contribution in [2.45, 2.75) is 57.7 Å². The van der Waals surface area contributed by atoms with E-state index in [1.807, 2.05) is 11.8 Å². The summed E-state index contributed by atoms with van der Waals surface area (Å²) in [6.07, 6.45) is 9.71. The van der Waals surface area contributed by atoms with Crippen LogP contribution in [-0.2, 0) is 9.53 Å². The van der Waals surface area contributed by atoms with Gasteiger partial charge in [0.25, 0.3) is 0 Å². The number of ether oxygens (including phenoxy) is 1. The van der Waals surface area contributed by atoms with Gasteiger partial charge in [0, 0.05) is 38.0 Å². The molecule has 1 heterocycles. The summed E-state index contributed by atoms with van der Waals surface area (Å²) >= 11 is 0. The lowest BCUT2D eigenvalue weighted by Gasteiger charge is -2.56. The molecule has 4 heteroatoms. The second kappa shape index (κ2) is 6.09. The monoisotopic (exact) mass is 293 g/mol. The van der Waals surface area contributed by atoms with Crippen molar-refractivity contribution >= 4 is 5.91 Å². The molecule has 0 radical (unpaired) electrons. The normalized spacial score (nSPS) is 34.2. The zero-order chi connectivity index (χ0) is 14.9. The molecule has 1 saturated heterocycles. The van der Waals surface area contributed by atoms with Gasteiger partial charge in [-0.3, -0.25) is 4.79 Å². The zero-order valence-corrected chi connectivity index (χ0v) is 13.0. The Morgan fingerprint density at radius 1 is 1.43 bits per heavy atom. The van der Waals surface area contributed by atoms with E-state index in [0.717, 1.165) is 45.2 Å². The Hall–Kier alpha value is -0.870. The van der Waals surface area contributed by atoms with Crippen molar-refractivity contribution in [1.29, 1.82) is 0 Å². The van der Waals surface area contributed by atoms with Crippen LogP contribution in [0.15, 0.2) is 12.2 Å². The van der Waals surface area contributed by atoms with Gasteiger partial charge < -0.3 is 14.7 Å². The average molecular weight is 293 g/mol. The summed E-state index contributed by atoms with van der Waals surface area (Å²) in [6.45, 7) is 4.26. The SMILES string of the molecule is CCO[C@@H]1C[C@H](O)C12CCN(C(=O)C[C@@H]1C=CCC1)CC2. The van der Waals surface area contributed by atoms with Crippen LogP contribution in [0.3, 0.4) is 0 Å². The number of hydrogen-bond acceptors (Lipinski definition) is 3. The quantitative estimate of drug-likeness (QED) is 0.808. The minimum atomic E-state index is -0.246. The molecule has 1 amide bonds. The minimum absolute atomic E-state index is 0.0833. The highest BCUT2D eigenvalue weighted by molar-refractivity contribution is 5.76. The highest BCUT2D eigenvalue weighted by atomic mass is 16.5. The van der Waals surface area contributed by atoms with Gasteiger partial charge >= 0.3 is 0 Å². The van der Waals surface area contributed by atoms with Crippen LogP contribution in [0.4, 0.5) is 0 Å². The van der Waals surface area contributed by atoms with E-state index in [0.29, 0.717) is 18.9 Å². The fourth-order valence-electron chi connectivity index (χ4n) is 4.21. The molecule has 118 valence electrons. The van der Waals surface area contributed by atoms with Crippen molar-refractivity contribution in [3.05, 3.63) is 12.2 Å². The Bertz CT molecular complexity index is 410. The average Bonchev–Trinajstić information content (AvgIpc) is 3.00. The van der Waals surface area contributed by atoms with Crippen molar-refractivity contribution in [3.63, 3.8) is 0 Å². The maximum absolute atomic E-state index is 12.4. The van der Waals surface area contributed by atoms with E-state index in [2.05, 4.69) is 12.2 Å². The van der Waals surface area contributed by atoms with Gasteiger partial charge in [0.15, 0.2) is 0 Å². The van der Waals surface area contributed by atoms with Crippen LogP contribution in [-0.4, -0.2) is 47.8 Å². The smallest absolute Gasteiger partial charge is 0.223 e. The van der Waals surface area contributed by atoms with Gasteiger partial charge in [-0.25, -0.2) is 0 Å². The van der Waals surface area contributed by atoms with E-state index in [1.165, 1.54) is 0 Å². The molecule has 0 aromatic carbocycles. The van der Waals surface area contributed by atoms with Gasteiger partial charge in [0.05, 0.1) is 12.2 Å². The minimum Gasteiger partial charge on any atom is -0.392 e. The van der Waals surface area contributed by atoms with E-state index < -0.39 is 0 Å². The summed E-state index contributed by atoms with van der Waals surface area (Å²) < 4.78 is 5.77. The van der Waals surface area contributed by atoms with Gasteiger partial charge in [-0.05, 0) is 38.5 Å². The third-order valence-electron chi connectivity index (χ3n) is 5.71. The molecule has 21 heavy (non-hydrogen) atoms. The van der Waals surface area contributed by atoms with Crippen LogP contribution in [0.25, 0.3) is 0 Å². The van der Waals surface area contributed by atoms with Crippen molar-refractivity contribution in [3.8, 4) is 0 Å². The van der Waals surface area contributed by atoms with E-state index >= 15 is 0 Å². The maximum atomic E-state index is 12.4. The Morgan fingerprint density at radius 3 is 2.76 bits per heavy atom. The van der Waals surface area contributed by atoms with Crippen molar-refractivity contribution in [1.82, 2.24) is 4.90 Å². The highest BCUT2D eigenvalue weighted by Crippen LogP contribution is 2.51. The number of carbonyl (C=O) groups excluding carboxylic acids is 1. The molecule has 1 spiro atoms. The van der Waals surface area contributed by atoms with Crippen LogP contribution >= 0.6 is 0 Å². The van der Waals surface area contributed by atoms with Crippen LogP contribution < -0.4 is 0 Å². The molecule has 1 aliphatic heterocycles. The number of piperidine rings is 1. The Kier molecular flexibility index (Phi) is 4.36. The lowest BCUT2D eigenvalue weighted by atomic mass is 9.58. The number of rotatable bonds is 4. The zero-order valence-electron chi connectivity index (χ0n) is 13.0. The second-order valence-electron chi connectivity index (χ2n) is 6.78. The lowest BCUT2D eigenvalue weighted by Crippen LogP contribution is -2.62. The molecule has 0 bridgehead atoms. The third kappa shape index (κ3) is 2.76. The second-order valence-corrected chi connectivity index (χ2v) is 6.78. The summed E-state index contributed by atoms with van der Waals surface area (Å²) in [6, 6.07) is 0. The Morgan fingerprint density at radius 2 is 2.19 bits per heavy atom. The van der Waals surface area contributed by atoms with Gasteiger partial charge in [-0.15, -0.1) is 0 Å². The molecule has 2 aliphatic carbocycles. The van der Waals surface area contributed by atoms with E-state index in [4.69, 9.17) is 4.74 Å². The summed E-state index contributed by atoms with van der Waals surface area (Å²) in [5.74, 6) is 0.724. The fraction of sp³-hybridized carbons (Fsp3) is 0.824. The first kappa shape index (κ1) is 15.0. The number of likely N-dealkylation sites (tertiary alicyclic amines) is 1. The Balaban J connectivity index is 1.52. The van der Waals surface area contributed by atoms with Gasteiger partial charge in [-0.1, -0.05) is 12.2 Å². The summed E-state index contributed by atoms with van der Waals surface area (Å²) in [7, 11) is 0. The number of allylic oxidation sites excluding steroid dienone is 2. The molecule has 3 atom stereocenters. The van der Waals surface area contributed by atoms with Crippen molar-refractivity contribution in [2.75, 3.05) is 19.7 Å². The fourth-order valence-corrected chi connectivity index (χ4v) is 4.21. The molecule has 0 unspecified atom stereocenters. The number of nitrogens with zero attached hydrogens (tertiary/aromatic N) is 1. The predicted octanol–water partition coefficient (Wildman–Crippen LogP) is 2.12. The summed E-state index contributed by atoms with van der Waals surface area (Å²) in [4.78, 5) is 14.4. The standard InChI is InChI=1S/C17H27NO3/c1-2-21-15-12-14(19)17(15)7-9-18(10-8-17)16(20)11-13-5-3-4-6-13/h3,5,13-15,19H,2,4,6-12H2,1H3/t13-,14+,15-/m1/s1. The molecule has 1 saturated carbocycles. The first-order valence-electron chi connectivity index (χ1n) is 8.40. The summed E-state index contributed by atoms with van der Waals surface area (Å²) in [5, 5.41) is 10.2. The third-order valence-corrected chi connectivity index (χ3v) is 5.71. The number of aliphatic hydroxyl groups excluding tert-OH is 1. The summed E-state index contributed by atoms with van der Waals surface area (Å²) in [5.41, 5.74) is -0.0833. The van der Waals surface area contributed by atoms with E-state index in [-0.39, 0.29) is 23.5 Å². The predicted molar refractivity (Wildman–Crippen MR) is 80.8 cm³/mol. The molecule has 0 aromatic heterocycles. The van der Waals surface area contributed by atoms with E-state index in [9.17, 15) is 9.90 Å². The lowest BCUT2D eigenvalue weighted by molar-refractivity contribution is -0.210. The van der Waals surface area contributed by atoms with Crippen LogP contribution in [0.2, 0.25) is 0 Å². The van der Waals surface area contributed by atoms with E-state index in [1.54, 1.807) is 0 Å².